The molecule has 0 radical (unpaired) electrons. The smallest absolute Gasteiger partial charge is 0.335 e. The van der Waals surface area contributed by atoms with Gasteiger partial charge in [-0.3, -0.25) is 4.98 Å². The molecule has 0 fully saturated rings. The lowest BCUT2D eigenvalue weighted by Gasteiger charge is -2.11. The van der Waals surface area contributed by atoms with Crippen molar-refractivity contribution >= 4 is 5.97 Å². The summed E-state index contributed by atoms with van der Waals surface area (Å²) in [6.45, 7) is 2.63. The van der Waals surface area contributed by atoms with E-state index in [1.54, 1.807) is 31.6 Å². The summed E-state index contributed by atoms with van der Waals surface area (Å²) in [5, 5.41) is 9.11. The first-order valence-electron chi connectivity index (χ1n) is 6.65. The number of carbonyl (C=O) groups is 1. The monoisotopic (exact) mass is 287 g/mol. The molecule has 0 aliphatic heterocycles. The number of benzene rings is 1. The Labute approximate surface area is 123 Å². The molecule has 0 spiro atoms. The molecule has 0 aliphatic carbocycles. The van der Waals surface area contributed by atoms with E-state index in [-0.39, 0.29) is 5.56 Å². The lowest BCUT2D eigenvalue weighted by Crippen LogP contribution is -1.99. The molecule has 2 rings (SSSR count). The molecule has 0 atom stereocenters. The number of hydrogen-bond donors (Lipinski definition) is 1. The first-order chi connectivity index (χ1) is 10.2. The predicted molar refractivity (Wildman–Crippen MR) is 79.0 cm³/mol. The molecular weight excluding hydrogens is 270 g/mol. The van der Waals surface area contributed by atoms with Crippen LogP contribution >= 0.6 is 0 Å². The second kappa shape index (κ2) is 6.74. The van der Waals surface area contributed by atoms with Crippen LogP contribution in [0, 0.1) is 0 Å². The average molecular weight is 287 g/mol. The van der Waals surface area contributed by atoms with Crippen molar-refractivity contribution in [2.75, 3.05) is 13.7 Å². The van der Waals surface area contributed by atoms with Gasteiger partial charge >= 0.3 is 5.97 Å². The van der Waals surface area contributed by atoms with Crippen LogP contribution in [0.3, 0.4) is 0 Å². The Bertz CT molecular complexity index is 640. The molecule has 0 unspecified atom stereocenters. The summed E-state index contributed by atoms with van der Waals surface area (Å²) in [4.78, 5) is 15.2. The Morgan fingerprint density at radius 1 is 1.29 bits per heavy atom. The molecule has 1 heterocycles. The first-order valence-corrected chi connectivity index (χ1v) is 6.65. The Kier molecular flexibility index (Phi) is 4.77. The number of aromatic carboxylic acids is 1. The van der Waals surface area contributed by atoms with Crippen LogP contribution in [0.15, 0.2) is 36.7 Å². The fourth-order valence-electron chi connectivity index (χ4n) is 1.93. The van der Waals surface area contributed by atoms with Gasteiger partial charge in [0.1, 0.15) is 11.5 Å². The molecule has 1 aromatic carbocycles. The third kappa shape index (κ3) is 3.51. The maximum absolute atomic E-state index is 11.1. The van der Waals surface area contributed by atoms with Crippen LogP contribution in [0.4, 0.5) is 0 Å². The van der Waals surface area contributed by atoms with Crippen LogP contribution in [-0.2, 0) is 0 Å². The lowest BCUT2D eigenvalue weighted by molar-refractivity contribution is 0.0697. The van der Waals surface area contributed by atoms with Crippen molar-refractivity contribution in [3.63, 3.8) is 0 Å². The van der Waals surface area contributed by atoms with Crippen molar-refractivity contribution in [3.05, 3.63) is 42.2 Å². The molecule has 0 saturated heterocycles. The van der Waals surface area contributed by atoms with Crippen molar-refractivity contribution in [2.45, 2.75) is 13.3 Å². The zero-order valence-electron chi connectivity index (χ0n) is 12.0. The minimum absolute atomic E-state index is 0.200. The highest BCUT2D eigenvalue weighted by Gasteiger charge is 2.12. The van der Waals surface area contributed by atoms with Gasteiger partial charge in [-0.25, -0.2) is 4.79 Å². The van der Waals surface area contributed by atoms with Crippen LogP contribution in [0.5, 0.6) is 11.5 Å². The SMILES string of the molecule is CCCOc1cncc(-c2cc(C(=O)O)ccc2OC)c1. The number of hydrogen-bond acceptors (Lipinski definition) is 4. The molecule has 2 aromatic rings. The second-order valence-electron chi connectivity index (χ2n) is 4.48. The molecule has 5 nitrogen and oxygen atoms in total. The molecule has 5 heteroatoms. The number of aromatic nitrogens is 1. The number of carboxylic acid groups (broad SMARTS) is 1. The van der Waals surface area contributed by atoms with Crippen molar-refractivity contribution < 1.29 is 19.4 Å². The highest BCUT2D eigenvalue weighted by Crippen LogP contribution is 2.32. The zero-order chi connectivity index (χ0) is 15.2. The molecule has 0 amide bonds. The summed E-state index contributed by atoms with van der Waals surface area (Å²) in [5.41, 5.74) is 1.63. The van der Waals surface area contributed by atoms with E-state index in [2.05, 4.69) is 4.98 Å². The number of nitrogens with zero attached hydrogens (tertiary/aromatic N) is 1. The Morgan fingerprint density at radius 3 is 2.76 bits per heavy atom. The van der Waals surface area contributed by atoms with Gasteiger partial charge in [0, 0.05) is 17.3 Å². The maximum Gasteiger partial charge on any atom is 0.335 e. The highest BCUT2D eigenvalue weighted by atomic mass is 16.5. The Hall–Kier alpha value is -2.56. The van der Waals surface area contributed by atoms with Crippen LogP contribution in [0.1, 0.15) is 23.7 Å². The summed E-state index contributed by atoms with van der Waals surface area (Å²) < 4.78 is 10.8. The minimum Gasteiger partial charge on any atom is -0.496 e. The van der Waals surface area contributed by atoms with Crippen LogP contribution in [-0.4, -0.2) is 29.8 Å². The quantitative estimate of drug-likeness (QED) is 0.883. The van der Waals surface area contributed by atoms with Crippen LogP contribution in [0.2, 0.25) is 0 Å². The fourth-order valence-corrected chi connectivity index (χ4v) is 1.93. The van der Waals surface area contributed by atoms with Crippen molar-refractivity contribution in [2.24, 2.45) is 0 Å². The Balaban J connectivity index is 2.44. The van der Waals surface area contributed by atoms with E-state index in [0.717, 1.165) is 12.0 Å². The fraction of sp³-hybridized carbons (Fsp3) is 0.250. The van der Waals surface area contributed by atoms with Crippen molar-refractivity contribution in [3.8, 4) is 22.6 Å². The topological polar surface area (TPSA) is 68.7 Å². The number of carboxylic acids is 1. The summed E-state index contributed by atoms with van der Waals surface area (Å²) in [6, 6.07) is 6.54. The third-order valence-corrected chi connectivity index (χ3v) is 2.94. The zero-order valence-corrected chi connectivity index (χ0v) is 12.0. The van der Waals surface area contributed by atoms with Gasteiger partial charge in [-0.05, 0) is 30.7 Å². The lowest BCUT2D eigenvalue weighted by atomic mass is 10.0. The number of methoxy groups -OCH3 is 1. The van der Waals surface area contributed by atoms with E-state index in [9.17, 15) is 4.79 Å². The summed E-state index contributed by atoms with van der Waals surface area (Å²) in [6.07, 6.45) is 4.19. The van der Waals surface area contributed by atoms with Gasteiger partial charge in [0.05, 0.1) is 25.5 Å². The van der Waals surface area contributed by atoms with E-state index >= 15 is 0 Å². The summed E-state index contributed by atoms with van der Waals surface area (Å²) in [7, 11) is 1.55. The van der Waals surface area contributed by atoms with E-state index in [1.807, 2.05) is 13.0 Å². The maximum atomic E-state index is 11.1. The van der Waals surface area contributed by atoms with Gasteiger partial charge in [0.15, 0.2) is 0 Å². The molecule has 1 aromatic heterocycles. The van der Waals surface area contributed by atoms with Crippen molar-refractivity contribution in [1.29, 1.82) is 0 Å². The van der Waals surface area contributed by atoms with Crippen molar-refractivity contribution in [1.82, 2.24) is 4.98 Å². The van der Waals surface area contributed by atoms with Gasteiger partial charge in [-0.15, -0.1) is 0 Å². The Morgan fingerprint density at radius 2 is 2.10 bits per heavy atom. The standard InChI is InChI=1S/C16H17NO4/c1-3-6-21-13-7-12(9-17-10-13)14-8-11(16(18)19)4-5-15(14)20-2/h4-5,7-10H,3,6H2,1-2H3,(H,18,19). The predicted octanol–water partition coefficient (Wildman–Crippen LogP) is 3.24. The normalized spacial score (nSPS) is 10.2. The summed E-state index contributed by atoms with van der Waals surface area (Å²) in [5.74, 6) is 0.261. The van der Waals surface area contributed by atoms with Crippen LogP contribution < -0.4 is 9.47 Å². The van der Waals surface area contributed by atoms with Gasteiger partial charge in [-0.1, -0.05) is 6.92 Å². The van der Waals surface area contributed by atoms with Gasteiger partial charge in [0.25, 0.3) is 0 Å². The molecular formula is C16H17NO4. The molecule has 110 valence electrons. The first kappa shape index (κ1) is 14.8. The summed E-state index contributed by atoms with van der Waals surface area (Å²) >= 11 is 0. The van der Waals surface area contributed by atoms with Gasteiger partial charge < -0.3 is 14.6 Å². The van der Waals surface area contributed by atoms with E-state index < -0.39 is 5.97 Å². The second-order valence-corrected chi connectivity index (χ2v) is 4.48. The molecule has 0 bridgehead atoms. The number of ether oxygens (including phenoxy) is 2. The average Bonchev–Trinajstić information content (AvgIpc) is 2.52. The number of rotatable bonds is 6. The number of pyridine rings is 1. The molecule has 0 aliphatic rings. The van der Waals surface area contributed by atoms with E-state index in [1.165, 1.54) is 6.07 Å². The van der Waals surface area contributed by atoms with E-state index in [0.29, 0.717) is 23.7 Å². The molecule has 0 saturated carbocycles. The van der Waals surface area contributed by atoms with Gasteiger partial charge in [0.2, 0.25) is 0 Å². The van der Waals surface area contributed by atoms with Gasteiger partial charge in [-0.2, -0.15) is 0 Å². The highest BCUT2D eigenvalue weighted by molar-refractivity contribution is 5.90. The molecule has 1 N–H and O–H groups in total. The third-order valence-electron chi connectivity index (χ3n) is 2.94. The largest absolute Gasteiger partial charge is 0.496 e. The van der Waals surface area contributed by atoms with E-state index in [4.69, 9.17) is 14.6 Å². The van der Waals surface area contributed by atoms with Crippen LogP contribution in [0.25, 0.3) is 11.1 Å². The minimum atomic E-state index is -0.981. The molecule has 21 heavy (non-hydrogen) atoms.